The lowest BCUT2D eigenvalue weighted by Crippen LogP contribution is -2.54. The highest BCUT2D eigenvalue weighted by molar-refractivity contribution is 8.33. The van der Waals surface area contributed by atoms with Crippen LogP contribution < -0.4 is 10.9 Å². The highest BCUT2D eigenvalue weighted by atomic mass is 32.3. The van der Waals surface area contributed by atoms with Gasteiger partial charge in [-0.05, 0) is 56.5 Å². The molecule has 1 aromatic heterocycles. The summed E-state index contributed by atoms with van der Waals surface area (Å²) in [6, 6.07) is 44.8. The van der Waals surface area contributed by atoms with E-state index in [0.29, 0.717) is 0 Å². The predicted octanol–water partition coefficient (Wildman–Crippen LogP) is 6.91. The molecular formula is C32H26BNS. The molecule has 0 N–H and O–H groups in total. The van der Waals surface area contributed by atoms with E-state index in [1.165, 1.54) is 53.6 Å². The minimum Gasteiger partial charge on any atom is -0.376 e. The fourth-order valence-electron chi connectivity index (χ4n) is 5.99. The van der Waals surface area contributed by atoms with Gasteiger partial charge >= 0.3 is 6.85 Å². The van der Waals surface area contributed by atoms with Gasteiger partial charge in [0, 0.05) is 21.8 Å². The maximum atomic E-state index is 2.60. The summed E-state index contributed by atoms with van der Waals surface area (Å²) in [5.41, 5.74) is 7.94. The van der Waals surface area contributed by atoms with Crippen molar-refractivity contribution in [1.82, 2.24) is 4.48 Å². The van der Waals surface area contributed by atoms with E-state index in [2.05, 4.69) is 138 Å². The second-order valence-corrected chi connectivity index (χ2v) is 13.3. The summed E-state index contributed by atoms with van der Waals surface area (Å²) >= 11 is 0. The average molecular weight is 467 g/mol. The normalized spacial score (nSPS) is 15.1. The Morgan fingerprint density at radius 1 is 0.514 bits per heavy atom. The van der Waals surface area contributed by atoms with Crippen LogP contribution in [0.5, 0.6) is 0 Å². The zero-order valence-electron chi connectivity index (χ0n) is 20.0. The van der Waals surface area contributed by atoms with Crippen molar-refractivity contribution < 1.29 is 0 Å². The van der Waals surface area contributed by atoms with E-state index in [4.69, 9.17) is 0 Å². The highest BCUT2D eigenvalue weighted by Gasteiger charge is 2.39. The summed E-state index contributed by atoms with van der Waals surface area (Å²) in [6.45, 7) is 0.136. The number of benzene rings is 5. The van der Waals surface area contributed by atoms with Crippen molar-refractivity contribution in [1.29, 1.82) is 0 Å². The molecule has 1 aliphatic heterocycles. The van der Waals surface area contributed by atoms with Crippen molar-refractivity contribution in [2.75, 3.05) is 12.5 Å². The molecule has 2 heterocycles. The Labute approximate surface area is 208 Å². The molecule has 3 heteroatoms. The van der Waals surface area contributed by atoms with Crippen LogP contribution in [-0.2, 0) is 0 Å². The van der Waals surface area contributed by atoms with Gasteiger partial charge in [0.15, 0.2) is 0 Å². The summed E-state index contributed by atoms with van der Waals surface area (Å²) in [4.78, 5) is 2.99. The monoisotopic (exact) mass is 467 g/mol. The Balaban J connectivity index is 1.61. The van der Waals surface area contributed by atoms with E-state index in [1.807, 2.05) is 0 Å². The van der Waals surface area contributed by atoms with Gasteiger partial charge in [0.05, 0.1) is 0 Å². The van der Waals surface area contributed by atoms with Crippen LogP contribution >= 0.6 is 10.0 Å². The Kier molecular flexibility index (Phi) is 4.52. The van der Waals surface area contributed by atoms with Gasteiger partial charge in [0.25, 0.3) is 0 Å². The van der Waals surface area contributed by atoms with Gasteiger partial charge < -0.3 is 4.48 Å². The summed E-state index contributed by atoms with van der Waals surface area (Å²) < 4.78 is 2.60. The molecular weight excluding hydrogens is 441 g/mol. The Bertz CT molecular complexity index is 1680. The van der Waals surface area contributed by atoms with Crippen LogP contribution in [-0.4, -0.2) is 23.8 Å². The minimum atomic E-state index is -1.10. The first kappa shape index (κ1) is 20.7. The molecule has 0 unspecified atom stereocenters. The number of fused-ring (bicyclic) bond motifs is 5. The number of rotatable bonds is 2. The largest absolute Gasteiger partial charge is 0.376 e. The van der Waals surface area contributed by atoms with Crippen molar-refractivity contribution in [2.45, 2.75) is 9.79 Å². The molecule has 6 aromatic rings. The molecule has 0 bridgehead atoms. The van der Waals surface area contributed by atoms with Gasteiger partial charge in [-0.2, -0.15) is 10.0 Å². The van der Waals surface area contributed by atoms with Crippen LogP contribution in [0.25, 0.3) is 32.9 Å². The molecule has 0 fully saturated rings. The molecule has 0 saturated carbocycles. The van der Waals surface area contributed by atoms with Gasteiger partial charge in [-0.25, -0.2) is 0 Å². The van der Waals surface area contributed by atoms with Crippen molar-refractivity contribution in [3.8, 4) is 11.1 Å². The number of aromatic nitrogens is 1. The lowest BCUT2D eigenvalue weighted by Gasteiger charge is -2.42. The molecule has 1 nitrogen and oxygen atoms in total. The molecule has 35 heavy (non-hydrogen) atoms. The van der Waals surface area contributed by atoms with Crippen LogP contribution in [0.2, 0.25) is 0 Å². The van der Waals surface area contributed by atoms with E-state index in [-0.39, 0.29) is 6.85 Å². The molecule has 168 valence electrons. The van der Waals surface area contributed by atoms with Crippen LogP contribution in [0, 0.1) is 0 Å². The van der Waals surface area contributed by atoms with Crippen molar-refractivity contribution >= 4 is 49.6 Å². The van der Waals surface area contributed by atoms with Gasteiger partial charge in [-0.1, -0.05) is 109 Å². The summed E-state index contributed by atoms with van der Waals surface area (Å²) in [5.74, 6) is 0. The molecule has 0 amide bonds. The molecule has 0 radical (unpaired) electrons. The van der Waals surface area contributed by atoms with E-state index >= 15 is 0 Å². The lowest BCUT2D eigenvalue weighted by atomic mass is 9.50. The third-order valence-corrected chi connectivity index (χ3v) is 10.5. The third kappa shape index (κ3) is 2.98. The first-order valence-electron chi connectivity index (χ1n) is 12.1. The van der Waals surface area contributed by atoms with Gasteiger partial charge in [-0.3, -0.25) is 0 Å². The maximum Gasteiger partial charge on any atom is 0.330 e. The van der Waals surface area contributed by atoms with Gasteiger partial charge in [0.1, 0.15) is 0 Å². The SMILES string of the molecule is CS1(C)c2ccccc2B(n2c3ccccc3c3ccc(-c4ccccc4)cc32)c2ccccc21. The average Bonchev–Trinajstić information content (AvgIpc) is 3.23. The number of nitrogens with zero attached hydrogens (tertiary/aromatic N) is 1. The molecule has 0 aliphatic carbocycles. The third-order valence-electron chi connectivity index (χ3n) is 7.60. The fraction of sp³-hybridized carbons (Fsp3) is 0.0625. The molecule has 0 saturated heterocycles. The smallest absolute Gasteiger partial charge is 0.330 e. The van der Waals surface area contributed by atoms with E-state index in [1.54, 1.807) is 0 Å². The number of hydrogen-bond acceptors (Lipinski definition) is 0. The first-order chi connectivity index (χ1) is 17.1. The van der Waals surface area contributed by atoms with Crippen molar-refractivity contribution in [2.24, 2.45) is 0 Å². The standard InChI is InChI=1S/C32H26BNS/c1-35(2)31-18-10-7-15-27(31)33(28-16-8-11-19-32(28)35)34-29-17-9-6-14-25(29)26-21-20-24(22-30(26)34)23-12-4-3-5-13-23/h3-22H,1-2H3. The summed E-state index contributed by atoms with van der Waals surface area (Å²) in [6.07, 6.45) is 4.89. The summed E-state index contributed by atoms with van der Waals surface area (Å²) in [7, 11) is -1.10. The highest BCUT2D eigenvalue weighted by Crippen LogP contribution is 2.57. The molecule has 0 atom stereocenters. The van der Waals surface area contributed by atoms with Gasteiger partial charge in [0.2, 0.25) is 0 Å². The van der Waals surface area contributed by atoms with Crippen molar-refractivity contribution in [3.05, 3.63) is 121 Å². The van der Waals surface area contributed by atoms with Crippen LogP contribution in [0.4, 0.5) is 0 Å². The second kappa shape index (κ2) is 7.66. The fourth-order valence-corrected chi connectivity index (χ4v) is 8.61. The second-order valence-electron chi connectivity index (χ2n) is 9.79. The topological polar surface area (TPSA) is 4.93 Å². The maximum absolute atomic E-state index is 2.60. The minimum absolute atomic E-state index is 0.136. The Hall–Kier alpha value is -3.69. The quantitative estimate of drug-likeness (QED) is 0.244. The van der Waals surface area contributed by atoms with Gasteiger partial charge in [-0.15, -0.1) is 0 Å². The van der Waals surface area contributed by atoms with E-state index < -0.39 is 10.0 Å². The zero-order chi connectivity index (χ0) is 23.6. The van der Waals surface area contributed by atoms with Crippen LogP contribution in [0.1, 0.15) is 0 Å². The van der Waals surface area contributed by atoms with E-state index in [9.17, 15) is 0 Å². The van der Waals surface area contributed by atoms with Crippen molar-refractivity contribution in [3.63, 3.8) is 0 Å². The van der Waals surface area contributed by atoms with Crippen LogP contribution in [0.3, 0.4) is 0 Å². The van der Waals surface area contributed by atoms with E-state index in [0.717, 1.165) is 0 Å². The molecule has 7 rings (SSSR count). The van der Waals surface area contributed by atoms with Crippen LogP contribution in [0.15, 0.2) is 131 Å². The first-order valence-corrected chi connectivity index (χ1v) is 14.6. The molecule has 0 spiro atoms. The zero-order valence-corrected chi connectivity index (χ0v) is 20.8. The Morgan fingerprint density at radius 2 is 1.09 bits per heavy atom. The number of hydrogen-bond donors (Lipinski definition) is 0. The summed E-state index contributed by atoms with van der Waals surface area (Å²) in [5, 5.41) is 2.63. The Morgan fingerprint density at radius 3 is 1.80 bits per heavy atom. The predicted molar refractivity (Wildman–Crippen MR) is 154 cm³/mol. The molecule has 1 aliphatic rings. The number of para-hydroxylation sites is 1. The molecule has 5 aromatic carbocycles. The lowest BCUT2D eigenvalue weighted by molar-refractivity contribution is 1.29.